The monoisotopic (exact) mass is 252 g/mol. The van der Waals surface area contributed by atoms with Crippen LogP contribution in [0.15, 0.2) is 6.07 Å². The van der Waals surface area contributed by atoms with E-state index in [-0.39, 0.29) is 5.91 Å². The lowest BCUT2D eigenvalue weighted by atomic mass is 10.2. The van der Waals surface area contributed by atoms with Crippen LogP contribution >= 0.6 is 0 Å². The van der Waals surface area contributed by atoms with Crippen molar-refractivity contribution in [2.75, 3.05) is 13.1 Å². The van der Waals surface area contributed by atoms with Gasteiger partial charge in [0.15, 0.2) is 0 Å². The van der Waals surface area contributed by atoms with E-state index in [2.05, 4.69) is 48.1 Å². The molecule has 0 aliphatic carbocycles. The smallest absolute Gasteiger partial charge is 0.271 e. The molecule has 5 nitrogen and oxygen atoms in total. The summed E-state index contributed by atoms with van der Waals surface area (Å²) < 4.78 is 0. The minimum absolute atomic E-state index is 0.119. The highest BCUT2D eigenvalue weighted by molar-refractivity contribution is 5.92. The van der Waals surface area contributed by atoms with Gasteiger partial charge < -0.3 is 5.32 Å². The van der Waals surface area contributed by atoms with Crippen LogP contribution in [0.1, 0.15) is 43.9 Å². The second kappa shape index (κ2) is 6.54. The van der Waals surface area contributed by atoms with Gasteiger partial charge in [-0.25, -0.2) is 0 Å². The summed E-state index contributed by atoms with van der Waals surface area (Å²) in [6, 6.07) is 2.71. The first-order valence-corrected chi connectivity index (χ1v) is 6.47. The molecule has 0 aliphatic rings. The predicted molar refractivity (Wildman–Crippen MR) is 72.6 cm³/mol. The van der Waals surface area contributed by atoms with Crippen LogP contribution in [0.5, 0.6) is 0 Å². The molecule has 0 radical (unpaired) electrons. The van der Waals surface area contributed by atoms with Crippen molar-refractivity contribution >= 4 is 5.91 Å². The van der Waals surface area contributed by atoms with Crippen molar-refractivity contribution in [2.45, 2.75) is 46.7 Å². The molecule has 18 heavy (non-hydrogen) atoms. The molecule has 1 heterocycles. The van der Waals surface area contributed by atoms with Gasteiger partial charge in [-0.3, -0.25) is 14.8 Å². The number of carbonyl (C=O) groups excluding carboxylic acids is 1. The third-order valence-corrected chi connectivity index (χ3v) is 2.92. The minimum atomic E-state index is -0.119. The highest BCUT2D eigenvalue weighted by atomic mass is 16.1. The van der Waals surface area contributed by atoms with E-state index in [0.717, 1.165) is 12.2 Å². The predicted octanol–water partition coefficient (Wildman–Crippen LogP) is 1.57. The summed E-state index contributed by atoms with van der Waals surface area (Å²) in [7, 11) is 0. The van der Waals surface area contributed by atoms with Crippen LogP contribution in [0.25, 0.3) is 0 Å². The van der Waals surface area contributed by atoms with Gasteiger partial charge in [0.1, 0.15) is 5.69 Å². The van der Waals surface area contributed by atoms with E-state index >= 15 is 0 Å². The number of aryl methyl sites for hydroxylation is 1. The zero-order chi connectivity index (χ0) is 13.7. The van der Waals surface area contributed by atoms with Crippen LogP contribution < -0.4 is 5.32 Å². The summed E-state index contributed by atoms with van der Waals surface area (Å²) >= 11 is 0. The molecule has 1 amide bonds. The van der Waals surface area contributed by atoms with Crippen LogP contribution in [0.3, 0.4) is 0 Å². The third-order valence-electron chi connectivity index (χ3n) is 2.92. The molecule has 102 valence electrons. The van der Waals surface area contributed by atoms with Crippen molar-refractivity contribution in [3.8, 4) is 0 Å². The van der Waals surface area contributed by atoms with E-state index in [0.29, 0.717) is 24.3 Å². The fourth-order valence-electron chi connectivity index (χ4n) is 2.04. The molecule has 0 aromatic carbocycles. The summed E-state index contributed by atoms with van der Waals surface area (Å²) in [5.41, 5.74) is 1.35. The maximum atomic E-state index is 11.8. The first-order chi connectivity index (χ1) is 8.41. The lowest BCUT2D eigenvalue weighted by molar-refractivity contribution is 0.0934. The number of aromatic nitrogens is 2. The van der Waals surface area contributed by atoms with Crippen LogP contribution in [0, 0.1) is 6.92 Å². The van der Waals surface area contributed by atoms with E-state index in [1.165, 1.54) is 0 Å². The first kappa shape index (κ1) is 14.7. The topological polar surface area (TPSA) is 61.0 Å². The number of amides is 1. The SMILES string of the molecule is Cc1cc(C(=O)NCCN(C(C)C)C(C)C)n[nH]1. The van der Waals surface area contributed by atoms with E-state index in [9.17, 15) is 4.79 Å². The lowest BCUT2D eigenvalue weighted by Crippen LogP contribution is -2.42. The third kappa shape index (κ3) is 4.14. The number of rotatable bonds is 6. The van der Waals surface area contributed by atoms with Gasteiger partial charge >= 0.3 is 0 Å². The zero-order valence-corrected chi connectivity index (χ0v) is 11.9. The number of nitrogens with zero attached hydrogens (tertiary/aromatic N) is 2. The van der Waals surface area contributed by atoms with Gasteiger partial charge in [-0.2, -0.15) is 5.10 Å². The number of carbonyl (C=O) groups is 1. The molecule has 0 atom stereocenters. The second-order valence-corrected chi connectivity index (χ2v) is 5.12. The highest BCUT2D eigenvalue weighted by Gasteiger charge is 2.14. The number of aromatic amines is 1. The van der Waals surface area contributed by atoms with Gasteiger partial charge in [-0.05, 0) is 40.7 Å². The Morgan fingerprint density at radius 1 is 1.39 bits per heavy atom. The van der Waals surface area contributed by atoms with Gasteiger partial charge in [-0.1, -0.05) is 0 Å². The molecule has 2 N–H and O–H groups in total. The van der Waals surface area contributed by atoms with Crippen LogP contribution in [0.2, 0.25) is 0 Å². The van der Waals surface area contributed by atoms with E-state index in [1.54, 1.807) is 6.07 Å². The molecule has 1 rings (SSSR count). The fourth-order valence-corrected chi connectivity index (χ4v) is 2.04. The Labute approximate surface area is 109 Å². The Morgan fingerprint density at radius 3 is 2.44 bits per heavy atom. The van der Waals surface area contributed by atoms with Gasteiger partial charge in [-0.15, -0.1) is 0 Å². The van der Waals surface area contributed by atoms with Crippen molar-refractivity contribution in [3.05, 3.63) is 17.5 Å². The molecule has 5 heteroatoms. The van der Waals surface area contributed by atoms with Crippen LogP contribution in [-0.2, 0) is 0 Å². The van der Waals surface area contributed by atoms with Gasteiger partial charge in [0, 0.05) is 30.9 Å². The van der Waals surface area contributed by atoms with Gasteiger partial charge in [0.05, 0.1) is 0 Å². The maximum absolute atomic E-state index is 11.8. The van der Waals surface area contributed by atoms with E-state index < -0.39 is 0 Å². The Bertz CT molecular complexity index is 376. The van der Waals surface area contributed by atoms with Crippen molar-refractivity contribution in [3.63, 3.8) is 0 Å². The number of H-pyrrole nitrogens is 1. The lowest BCUT2D eigenvalue weighted by Gasteiger charge is -2.30. The number of hydrogen-bond acceptors (Lipinski definition) is 3. The first-order valence-electron chi connectivity index (χ1n) is 6.47. The molecule has 0 fully saturated rings. The average Bonchev–Trinajstić information content (AvgIpc) is 2.69. The van der Waals surface area contributed by atoms with Crippen molar-refractivity contribution < 1.29 is 4.79 Å². The molecule has 1 aromatic heterocycles. The Hall–Kier alpha value is -1.36. The normalized spacial score (nSPS) is 11.6. The second-order valence-electron chi connectivity index (χ2n) is 5.12. The van der Waals surface area contributed by atoms with E-state index in [1.807, 2.05) is 6.92 Å². The molecule has 1 aromatic rings. The molecular formula is C13H24N4O. The fraction of sp³-hybridized carbons (Fsp3) is 0.692. The standard InChI is InChI=1S/C13H24N4O/c1-9(2)17(10(3)4)7-6-14-13(18)12-8-11(5)15-16-12/h8-10H,6-7H2,1-5H3,(H,14,18)(H,15,16). The van der Waals surface area contributed by atoms with E-state index in [4.69, 9.17) is 0 Å². The Kier molecular flexibility index (Phi) is 5.34. The zero-order valence-electron chi connectivity index (χ0n) is 11.9. The molecule has 0 bridgehead atoms. The number of hydrogen-bond donors (Lipinski definition) is 2. The average molecular weight is 252 g/mol. The molecule has 0 aliphatic heterocycles. The molecular weight excluding hydrogens is 228 g/mol. The minimum Gasteiger partial charge on any atom is -0.349 e. The largest absolute Gasteiger partial charge is 0.349 e. The van der Waals surface area contributed by atoms with Crippen LogP contribution in [0.4, 0.5) is 0 Å². The van der Waals surface area contributed by atoms with Gasteiger partial charge in [0.25, 0.3) is 5.91 Å². The summed E-state index contributed by atoms with van der Waals surface area (Å²) in [5.74, 6) is -0.119. The van der Waals surface area contributed by atoms with Crippen molar-refractivity contribution in [1.29, 1.82) is 0 Å². The summed E-state index contributed by atoms with van der Waals surface area (Å²) in [6.07, 6.45) is 0. The summed E-state index contributed by atoms with van der Waals surface area (Å²) in [4.78, 5) is 14.1. The van der Waals surface area contributed by atoms with Crippen LogP contribution in [-0.4, -0.2) is 46.2 Å². The molecule has 0 unspecified atom stereocenters. The molecule has 0 spiro atoms. The highest BCUT2D eigenvalue weighted by Crippen LogP contribution is 2.03. The Morgan fingerprint density at radius 2 is 2.00 bits per heavy atom. The molecule has 0 saturated heterocycles. The summed E-state index contributed by atoms with van der Waals surface area (Å²) in [5, 5.41) is 9.59. The number of nitrogens with one attached hydrogen (secondary N) is 2. The Balaban J connectivity index is 2.39. The summed E-state index contributed by atoms with van der Waals surface area (Å²) in [6.45, 7) is 12.0. The quantitative estimate of drug-likeness (QED) is 0.808. The maximum Gasteiger partial charge on any atom is 0.271 e. The van der Waals surface area contributed by atoms with Crippen molar-refractivity contribution in [1.82, 2.24) is 20.4 Å². The van der Waals surface area contributed by atoms with Gasteiger partial charge in [0.2, 0.25) is 0 Å². The van der Waals surface area contributed by atoms with Crippen molar-refractivity contribution in [2.24, 2.45) is 0 Å². The molecule has 0 saturated carbocycles.